The van der Waals surface area contributed by atoms with E-state index >= 15 is 0 Å². The molecule has 3 heterocycles. The number of hydrazine groups is 1. The van der Waals surface area contributed by atoms with Crippen molar-refractivity contribution in [3.8, 4) is 0 Å². The van der Waals surface area contributed by atoms with E-state index in [0.29, 0.717) is 24.0 Å². The van der Waals surface area contributed by atoms with Gasteiger partial charge in [-0.05, 0) is 18.8 Å². The Morgan fingerprint density at radius 3 is 2.46 bits per heavy atom. The first-order valence-electron chi connectivity index (χ1n) is 8.41. The van der Waals surface area contributed by atoms with Gasteiger partial charge in [0.2, 0.25) is 5.96 Å². The van der Waals surface area contributed by atoms with Gasteiger partial charge in [-0.15, -0.1) is 0 Å². The number of hydrogen-bond donors (Lipinski definition) is 1. The van der Waals surface area contributed by atoms with Crippen molar-refractivity contribution in [3.05, 3.63) is 40.3 Å². The molecule has 1 unspecified atom stereocenters. The number of hydrogen-bond acceptors (Lipinski definition) is 5. The van der Waals surface area contributed by atoms with Crippen molar-refractivity contribution in [2.45, 2.75) is 25.9 Å². The summed E-state index contributed by atoms with van der Waals surface area (Å²) < 4.78 is 42.4. The van der Waals surface area contributed by atoms with Crippen molar-refractivity contribution in [2.75, 3.05) is 13.1 Å². The number of aliphatic imine (C=N–C) groups is 2. The predicted octanol–water partition coefficient (Wildman–Crippen LogP) is 3.29. The Kier molecular flexibility index (Phi) is 4.40. The molecule has 1 N–H and O–H groups in total. The van der Waals surface area contributed by atoms with Gasteiger partial charge in [0.15, 0.2) is 0 Å². The fourth-order valence-corrected chi connectivity index (χ4v) is 3.83. The maximum atomic E-state index is 14.5. The normalized spacial score (nSPS) is 24.0. The molecule has 0 bridgehead atoms. The van der Waals surface area contributed by atoms with Crippen LogP contribution in [0.3, 0.4) is 0 Å². The molecule has 1 atom stereocenters. The predicted molar refractivity (Wildman–Crippen MR) is 93.7 cm³/mol. The van der Waals surface area contributed by atoms with Crippen LogP contribution in [0, 0.1) is 23.4 Å². The Balaban J connectivity index is 1.84. The number of nitrogens with zero attached hydrogens (tertiary/aromatic N) is 4. The molecule has 0 aliphatic carbocycles. The number of likely N-dealkylation sites (tertiary alicyclic amines) is 1. The largest absolute Gasteiger partial charge is 0.283 e. The molecule has 3 aliphatic rings. The number of guanidine groups is 1. The molecule has 0 saturated carbocycles. The number of nitrogens with one attached hydrogen (secondary N) is 1. The standard InChI is InChI=1S/C17H17ClF3N5/c1-9-2-4-25(5-3-9)16-14(13-11(20)6-10(19)7-12(13)21)15(18)24-17-22-8-23-26(16)17/h6-9,16H,2-5H2,1H3,(H,22,23,24). The van der Waals surface area contributed by atoms with Crippen LogP contribution < -0.4 is 5.43 Å². The Morgan fingerprint density at radius 2 is 1.81 bits per heavy atom. The van der Waals surface area contributed by atoms with Gasteiger partial charge in [-0.3, -0.25) is 10.3 Å². The lowest BCUT2D eigenvalue weighted by Crippen LogP contribution is -2.57. The third kappa shape index (κ3) is 2.87. The summed E-state index contributed by atoms with van der Waals surface area (Å²) in [6, 6.07) is 1.30. The first kappa shape index (κ1) is 17.4. The van der Waals surface area contributed by atoms with Gasteiger partial charge in [0, 0.05) is 30.8 Å². The van der Waals surface area contributed by atoms with Gasteiger partial charge in [0.25, 0.3) is 0 Å². The average molecular weight is 384 g/mol. The van der Waals surface area contributed by atoms with Crippen LogP contribution >= 0.6 is 11.6 Å². The molecular weight excluding hydrogens is 367 g/mol. The smallest absolute Gasteiger partial charge is 0.249 e. The molecule has 1 fully saturated rings. The summed E-state index contributed by atoms with van der Waals surface area (Å²) >= 11 is 6.32. The Morgan fingerprint density at radius 1 is 1.15 bits per heavy atom. The summed E-state index contributed by atoms with van der Waals surface area (Å²) in [7, 11) is 0. The van der Waals surface area contributed by atoms with Gasteiger partial charge in [0.05, 0.1) is 5.56 Å². The molecule has 4 rings (SSSR count). The van der Waals surface area contributed by atoms with Crippen LogP contribution in [0.25, 0.3) is 5.57 Å². The van der Waals surface area contributed by atoms with Crippen molar-refractivity contribution < 1.29 is 13.2 Å². The highest BCUT2D eigenvalue weighted by Crippen LogP contribution is 2.38. The van der Waals surface area contributed by atoms with Crippen LogP contribution in [-0.4, -0.2) is 41.5 Å². The van der Waals surface area contributed by atoms with E-state index in [4.69, 9.17) is 11.6 Å². The first-order chi connectivity index (χ1) is 12.5. The fourth-order valence-electron chi connectivity index (χ4n) is 3.57. The quantitative estimate of drug-likeness (QED) is 0.797. The van der Waals surface area contributed by atoms with Gasteiger partial charge in [-0.25, -0.2) is 23.2 Å². The maximum absolute atomic E-state index is 14.5. The SMILES string of the molecule is CC1CCN(C2C(c3c(F)cc(F)cc3F)=C(Cl)N=C3N=CNN32)CC1. The maximum Gasteiger partial charge on any atom is 0.249 e. The summed E-state index contributed by atoms with van der Waals surface area (Å²) in [6.45, 7) is 3.64. The Bertz CT molecular complexity index is 807. The zero-order chi connectivity index (χ0) is 18.4. The molecule has 0 amide bonds. The van der Waals surface area contributed by atoms with E-state index < -0.39 is 23.6 Å². The van der Waals surface area contributed by atoms with Crippen LogP contribution in [0.15, 0.2) is 27.3 Å². The van der Waals surface area contributed by atoms with Crippen LogP contribution in [0.1, 0.15) is 25.3 Å². The third-order valence-corrected chi connectivity index (χ3v) is 5.24. The minimum absolute atomic E-state index is 0.0508. The molecule has 1 aromatic rings. The number of rotatable bonds is 2. The molecular formula is C17H17ClF3N5. The summed E-state index contributed by atoms with van der Waals surface area (Å²) in [5.41, 5.74) is 2.75. The third-order valence-electron chi connectivity index (χ3n) is 4.96. The lowest BCUT2D eigenvalue weighted by molar-refractivity contribution is 0.0842. The van der Waals surface area contributed by atoms with Crippen molar-refractivity contribution in [2.24, 2.45) is 15.9 Å². The molecule has 1 saturated heterocycles. The molecule has 138 valence electrons. The first-order valence-corrected chi connectivity index (χ1v) is 8.78. The topological polar surface area (TPSA) is 43.2 Å². The summed E-state index contributed by atoms with van der Waals surface area (Å²) in [4.78, 5) is 10.3. The summed E-state index contributed by atoms with van der Waals surface area (Å²) in [5, 5.41) is 1.57. The molecule has 26 heavy (non-hydrogen) atoms. The molecule has 3 aliphatic heterocycles. The molecule has 0 radical (unpaired) electrons. The highest BCUT2D eigenvalue weighted by atomic mass is 35.5. The van der Waals surface area contributed by atoms with Crippen molar-refractivity contribution in [1.82, 2.24) is 15.3 Å². The monoisotopic (exact) mass is 383 g/mol. The zero-order valence-electron chi connectivity index (χ0n) is 14.0. The minimum atomic E-state index is -1.01. The molecule has 9 heteroatoms. The van der Waals surface area contributed by atoms with Crippen LogP contribution in [0.5, 0.6) is 0 Å². The summed E-state index contributed by atoms with van der Waals surface area (Å²) in [5.74, 6) is -2.10. The highest BCUT2D eigenvalue weighted by Gasteiger charge is 2.41. The van der Waals surface area contributed by atoms with Gasteiger partial charge in [-0.2, -0.15) is 4.99 Å². The van der Waals surface area contributed by atoms with Gasteiger partial charge in [0.1, 0.15) is 35.1 Å². The Labute approximate surface area is 153 Å². The lowest BCUT2D eigenvalue weighted by atomic mass is 9.95. The van der Waals surface area contributed by atoms with E-state index in [-0.39, 0.29) is 16.3 Å². The van der Waals surface area contributed by atoms with Gasteiger partial charge >= 0.3 is 0 Å². The minimum Gasteiger partial charge on any atom is -0.283 e. The van der Waals surface area contributed by atoms with Crippen LogP contribution in [0.2, 0.25) is 0 Å². The van der Waals surface area contributed by atoms with E-state index in [1.165, 1.54) is 6.34 Å². The number of fused-ring (bicyclic) bond motifs is 1. The van der Waals surface area contributed by atoms with Gasteiger partial charge in [-0.1, -0.05) is 18.5 Å². The van der Waals surface area contributed by atoms with Gasteiger partial charge < -0.3 is 0 Å². The average Bonchev–Trinajstić information content (AvgIpc) is 3.03. The van der Waals surface area contributed by atoms with Crippen molar-refractivity contribution >= 4 is 29.5 Å². The van der Waals surface area contributed by atoms with E-state index in [1.807, 2.05) is 0 Å². The summed E-state index contributed by atoms with van der Waals surface area (Å²) in [6.07, 6.45) is 2.76. The second-order valence-electron chi connectivity index (χ2n) is 6.71. The molecule has 1 aromatic carbocycles. The lowest BCUT2D eigenvalue weighted by Gasteiger charge is -2.43. The van der Waals surface area contributed by atoms with Crippen molar-refractivity contribution in [1.29, 1.82) is 0 Å². The van der Waals surface area contributed by atoms with E-state index in [0.717, 1.165) is 25.9 Å². The molecule has 5 nitrogen and oxygen atoms in total. The number of halogens is 4. The number of piperidine rings is 1. The Hall–Kier alpha value is -2.06. The van der Waals surface area contributed by atoms with Crippen LogP contribution in [-0.2, 0) is 0 Å². The molecule has 0 spiro atoms. The second kappa shape index (κ2) is 6.59. The second-order valence-corrected chi connectivity index (χ2v) is 7.07. The number of benzene rings is 1. The van der Waals surface area contributed by atoms with E-state index in [1.54, 1.807) is 5.01 Å². The fraction of sp³-hybridized carbons (Fsp3) is 0.412. The van der Waals surface area contributed by atoms with E-state index in [2.05, 4.69) is 27.2 Å². The van der Waals surface area contributed by atoms with E-state index in [9.17, 15) is 13.2 Å². The van der Waals surface area contributed by atoms with Crippen LogP contribution in [0.4, 0.5) is 13.2 Å². The highest BCUT2D eigenvalue weighted by molar-refractivity contribution is 6.34. The zero-order valence-corrected chi connectivity index (χ0v) is 14.8. The van der Waals surface area contributed by atoms with Crippen molar-refractivity contribution in [3.63, 3.8) is 0 Å². The molecule has 0 aromatic heterocycles.